The van der Waals surface area contributed by atoms with Crippen molar-refractivity contribution >= 4 is 11.5 Å². The van der Waals surface area contributed by atoms with E-state index in [-0.39, 0.29) is 11.9 Å². The lowest BCUT2D eigenvalue weighted by atomic mass is 10.0. The summed E-state index contributed by atoms with van der Waals surface area (Å²) in [5.41, 5.74) is 3.81. The third kappa shape index (κ3) is 2.45. The van der Waals surface area contributed by atoms with Gasteiger partial charge in [-0.2, -0.15) is 0 Å². The predicted octanol–water partition coefficient (Wildman–Crippen LogP) is 4.21. The summed E-state index contributed by atoms with van der Waals surface area (Å²) in [6.45, 7) is 0.911. The molecule has 1 saturated heterocycles. The van der Waals surface area contributed by atoms with Crippen LogP contribution in [0.5, 0.6) is 0 Å². The predicted molar refractivity (Wildman–Crippen MR) is 98.5 cm³/mol. The summed E-state index contributed by atoms with van der Waals surface area (Å²) in [6.07, 6.45) is 7.72. The van der Waals surface area contributed by atoms with Gasteiger partial charge in [-0.3, -0.25) is 0 Å². The van der Waals surface area contributed by atoms with Crippen LogP contribution in [0.2, 0.25) is 0 Å². The molecule has 0 aliphatic carbocycles. The number of aromatic nitrogens is 4. The first-order valence-corrected chi connectivity index (χ1v) is 8.80. The largest absolute Gasteiger partial charge is 0.367 e. The molecule has 1 fully saturated rings. The monoisotopic (exact) mass is 347 g/mol. The number of benzene rings is 1. The van der Waals surface area contributed by atoms with Crippen molar-refractivity contribution in [2.45, 2.75) is 18.9 Å². The molecule has 0 radical (unpaired) electrons. The zero-order chi connectivity index (χ0) is 17.5. The van der Waals surface area contributed by atoms with Crippen molar-refractivity contribution < 1.29 is 4.39 Å². The molecule has 5 rings (SSSR count). The number of hydrogen-bond acceptors (Lipinski definition) is 3. The number of nitrogens with zero attached hydrogens (tertiary/aromatic N) is 4. The van der Waals surface area contributed by atoms with Crippen LogP contribution in [0.3, 0.4) is 0 Å². The fraction of sp³-hybridized carbons (Fsp3) is 0.200. The van der Waals surface area contributed by atoms with Gasteiger partial charge in [0.05, 0.1) is 17.9 Å². The molecule has 130 valence electrons. The fourth-order valence-electron chi connectivity index (χ4n) is 3.80. The van der Waals surface area contributed by atoms with Crippen LogP contribution in [-0.2, 0) is 0 Å². The lowest BCUT2D eigenvalue weighted by Gasteiger charge is -2.26. The molecule has 0 saturated carbocycles. The van der Waals surface area contributed by atoms with E-state index in [4.69, 9.17) is 5.10 Å². The van der Waals surface area contributed by atoms with Crippen LogP contribution < -0.4 is 4.90 Å². The fourth-order valence-corrected chi connectivity index (χ4v) is 3.80. The summed E-state index contributed by atoms with van der Waals surface area (Å²) in [7, 11) is 0. The van der Waals surface area contributed by atoms with Crippen molar-refractivity contribution in [3.8, 4) is 11.3 Å². The van der Waals surface area contributed by atoms with E-state index in [9.17, 15) is 4.39 Å². The van der Waals surface area contributed by atoms with Crippen LogP contribution in [0.25, 0.3) is 16.9 Å². The Labute approximate surface area is 150 Å². The third-order valence-electron chi connectivity index (χ3n) is 5.02. The molecule has 1 aliphatic heterocycles. The molecule has 1 N–H and O–H groups in total. The number of fused-ring (bicyclic) bond motifs is 1. The van der Waals surface area contributed by atoms with Crippen molar-refractivity contribution in [1.82, 2.24) is 19.6 Å². The van der Waals surface area contributed by atoms with E-state index in [2.05, 4.69) is 14.9 Å². The van der Waals surface area contributed by atoms with Gasteiger partial charge in [0.15, 0.2) is 5.65 Å². The first kappa shape index (κ1) is 15.1. The quantitative estimate of drug-likeness (QED) is 0.604. The summed E-state index contributed by atoms with van der Waals surface area (Å²) in [5.74, 6) is 0.696. The highest BCUT2D eigenvalue weighted by molar-refractivity contribution is 5.63. The number of hydrogen-bond donors (Lipinski definition) is 1. The maximum atomic E-state index is 13.7. The Morgan fingerprint density at radius 1 is 1.15 bits per heavy atom. The van der Waals surface area contributed by atoms with Gasteiger partial charge in [-0.15, -0.1) is 5.10 Å². The highest BCUT2D eigenvalue weighted by Crippen LogP contribution is 2.35. The summed E-state index contributed by atoms with van der Waals surface area (Å²) >= 11 is 0. The highest BCUT2D eigenvalue weighted by atomic mass is 19.1. The number of H-pyrrole nitrogens is 1. The third-order valence-corrected chi connectivity index (χ3v) is 5.02. The van der Waals surface area contributed by atoms with Crippen LogP contribution in [0.15, 0.2) is 61.1 Å². The Kier molecular flexibility index (Phi) is 3.48. The minimum Gasteiger partial charge on any atom is -0.367 e. The van der Waals surface area contributed by atoms with Gasteiger partial charge < -0.3 is 9.88 Å². The first-order valence-electron chi connectivity index (χ1n) is 8.80. The molecule has 0 bridgehead atoms. The molecule has 4 heterocycles. The van der Waals surface area contributed by atoms with E-state index in [1.54, 1.807) is 12.1 Å². The number of imidazole rings is 1. The number of halogens is 1. The minimum absolute atomic E-state index is 0.148. The molecule has 0 unspecified atom stereocenters. The van der Waals surface area contributed by atoms with Crippen molar-refractivity contribution in [3.05, 3.63) is 72.4 Å². The normalized spacial score (nSPS) is 17.3. The lowest BCUT2D eigenvalue weighted by molar-refractivity contribution is 0.617. The van der Waals surface area contributed by atoms with Crippen LogP contribution >= 0.6 is 0 Å². The average molecular weight is 347 g/mol. The van der Waals surface area contributed by atoms with Gasteiger partial charge in [0.1, 0.15) is 11.6 Å². The highest BCUT2D eigenvalue weighted by Gasteiger charge is 2.28. The molecule has 26 heavy (non-hydrogen) atoms. The van der Waals surface area contributed by atoms with Gasteiger partial charge in [-0.1, -0.05) is 12.1 Å². The molecule has 0 amide bonds. The summed E-state index contributed by atoms with van der Waals surface area (Å²) in [4.78, 5) is 9.78. The summed E-state index contributed by atoms with van der Waals surface area (Å²) in [6, 6.07) is 13.0. The first-order chi connectivity index (χ1) is 12.8. The second-order valence-electron chi connectivity index (χ2n) is 6.61. The molecule has 1 atom stereocenters. The maximum Gasteiger partial charge on any atom is 0.154 e. The smallest absolute Gasteiger partial charge is 0.154 e. The molecule has 4 aromatic rings. The zero-order valence-electron chi connectivity index (χ0n) is 14.1. The second-order valence-corrected chi connectivity index (χ2v) is 6.61. The lowest BCUT2D eigenvalue weighted by Crippen LogP contribution is -2.24. The van der Waals surface area contributed by atoms with Gasteiger partial charge >= 0.3 is 0 Å². The molecule has 0 spiro atoms. The Balaban J connectivity index is 1.57. The number of anilines is 1. The number of nitrogens with one attached hydrogen (secondary N) is 1. The van der Waals surface area contributed by atoms with Gasteiger partial charge in [-0.05, 0) is 48.7 Å². The van der Waals surface area contributed by atoms with E-state index < -0.39 is 0 Å². The second kappa shape index (κ2) is 5.98. The molecule has 3 aromatic heterocycles. The van der Waals surface area contributed by atoms with Crippen molar-refractivity contribution in [2.24, 2.45) is 0 Å². The Hall–Kier alpha value is -3.15. The topological polar surface area (TPSA) is 49.2 Å². The molecule has 6 heteroatoms. The van der Waals surface area contributed by atoms with Gasteiger partial charge in [0.25, 0.3) is 0 Å². The van der Waals surface area contributed by atoms with E-state index >= 15 is 0 Å². The van der Waals surface area contributed by atoms with Crippen molar-refractivity contribution in [1.29, 1.82) is 0 Å². The molecule has 5 nitrogen and oxygen atoms in total. The molecular weight excluding hydrogens is 329 g/mol. The Bertz CT molecular complexity index is 1050. The SMILES string of the molecule is Fc1cccc([C@H]2CCCN2c2ccc3ncc(-c4cc[nH]c4)n3n2)c1. The zero-order valence-corrected chi connectivity index (χ0v) is 14.1. The van der Waals surface area contributed by atoms with Crippen LogP contribution in [0, 0.1) is 5.82 Å². The molecular formula is C20H18FN5. The van der Waals surface area contributed by atoms with E-state index in [1.807, 2.05) is 47.4 Å². The van der Waals surface area contributed by atoms with Crippen LogP contribution in [0.4, 0.5) is 10.2 Å². The minimum atomic E-state index is -0.192. The number of aromatic amines is 1. The van der Waals surface area contributed by atoms with Gasteiger partial charge in [0, 0.05) is 24.5 Å². The Morgan fingerprint density at radius 3 is 2.96 bits per heavy atom. The van der Waals surface area contributed by atoms with Gasteiger partial charge in [-0.25, -0.2) is 13.9 Å². The van der Waals surface area contributed by atoms with E-state index in [0.717, 1.165) is 47.7 Å². The van der Waals surface area contributed by atoms with Crippen molar-refractivity contribution in [2.75, 3.05) is 11.4 Å². The molecule has 1 aromatic carbocycles. The maximum absolute atomic E-state index is 13.7. The Morgan fingerprint density at radius 2 is 2.12 bits per heavy atom. The standard InChI is InChI=1S/C20H18FN5/c21-16-4-1-3-14(11-16)17-5-2-10-25(17)20-7-6-19-23-13-18(26(19)24-20)15-8-9-22-12-15/h1,3-4,6-9,11-13,17,22H,2,5,10H2/t17-/m1/s1. The average Bonchev–Trinajstić information content (AvgIpc) is 3.40. The summed E-state index contributed by atoms with van der Waals surface area (Å²) in [5, 5.41) is 4.84. The number of rotatable bonds is 3. The van der Waals surface area contributed by atoms with E-state index in [1.165, 1.54) is 6.07 Å². The summed E-state index contributed by atoms with van der Waals surface area (Å²) < 4.78 is 15.6. The van der Waals surface area contributed by atoms with Crippen molar-refractivity contribution in [3.63, 3.8) is 0 Å². The van der Waals surface area contributed by atoms with E-state index in [0.29, 0.717) is 0 Å². The van der Waals surface area contributed by atoms with Crippen LogP contribution in [-0.4, -0.2) is 26.1 Å². The van der Waals surface area contributed by atoms with Gasteiger partial charge in [0.2, 0.25) is 0 Å². The molecule has 1 aliphatic rings. The van der Waals surface area contributed by atoms with Crippen LogP contribution in [0.1, 0.15) is 24.4 Å².